The van der Waals surface area contributed by atoms with E-state index in [1.54, 1.807) is 0 Å². The SMILES string of the molecule is CCN(Cc1cccc(Cl)c1)C(=O)CCC(C)N. The van der Waals surface area contributed by atoms with Crippen LogP contribution >= 0.6 is 11.6 Å². The second-order valence-corrected chi connectivity index (χ2v) is 4.99. The molecule has 18 heavy (non-hydrogen) atoms. The lowest BCUT2D eigenvalue weighted by molar-refractivity contribution is -0.131. The summed E-state index contributed by atoms with van der Waals surface area (Å²) in [6.45, 7) is 5.20. The van der Waals surface area contributed by atoms with Gasteiger partial charge >= 0.3 is 0 Å². The van der Waals surface area contributed by atoms with Gasteiger partial charge in [0.2, 0.25) is 5.91 Å². The number of carbonyl (C=O) groups excluding carboxylic acids is 1. The van der Waals surface area contributed by atoms with Crippen LogP contribution in [0.3, 0.4) is 0 Å². The smallest absolute Gasteiger partial charge is 0.222 e. The van der Waals surface area contributed by atoms with Crippen LogP contribution in [-0.4, -0.2) is 23.4 Å². The lowest BCUT2D eigenvalue weighted by Gasteiger charge is -2.21. The van der Waals surface area contributed by atoms with Crippen LogP contribution in [0, 0.1) is 0 Å². The number of hydrogen-bond acceptors (Lipinski definition) is 2. The van der Waals surface area contributed by atoms with E-state index in [-0.39, 0.29) is 11.9 Å². The third-order valence-electron chi connectivity index (χ3n) is 2.81. The first-order valence-corrected chi connectivity index (χ1v) is 6.68. The number of nitrogens with two attached hydrogens (primary N) is 1. The van der Waals surface area contributed by atoms with Crippen molar-refractivity contribution in [3.8, 4) is 0 Å². The molecule has 3 nitrogen and oxygen atoms in total. The number of carbonyl (C=O) groups is 1. The van der Waals surface area contributed by atoms with Gasteiger partial charge in [-0.3, -0.25) is 4.79 Å². The number of rotatable bonds is 6. The van der Waals surface area contributed by atoms with Crippen LogP contribution in [0.4, 0.5) is 0 Å². The summed E-state index contributed by atoms with van der Waals surface area (Å²) in [5, 5.41) is 0.701. The molecular weight excluding hydrogens is 248 g/mol. The van der Waals surface area contributed by atoms with Crippen molar-refractivity contribution in [3.63, 3.8) is 0 Å². The quantitative estimate of drug-likeness (QED) is 0.862. The Labute approximate surface area is 114 Å². The minimum absolute atomic E-state index is 0.0684. The van der Waals surface area contributed by atoms with Gasteiger partial charge in [-0.2, -0.15) is 0 Å². The van der Waals surface area contributed by atoms with Gasteiger partial charge in [-0.1, -0.05) is 23.7 Å². The van der Waals surface area contributed by atoms with Gasteiger partial charge in [0.25, 0.3) is 0 Å². The van der Waals surface area contributed by atoms with Crippen molar-refractivity contribution in [3.05, 3.63) is 34.9 Å². The van der Waals surface area contributed by atoms with E-state index in [4.69, 9.17) is 17.3 Å². The molecule has 0 fully saturated rings. The number of nitrogens with zero attached hydrogens (tertiary/aromatic N) is 1. The zero-order valence-corrected chi connectivity index (χ0v) is 11.8. The van der Waals surface area contributed by atoms with Crippen molar-refractivity contribution < 1.29 is 4.79 Å². The van der Waals surface area contributed by atoms with Crippen molar-refractivity contribution >= 4 is 17.5 Å². The highest BCUT2D eigenvalue weighted by Gasteiger charge is 2.12. The maximum absolute atomic E-state index is 12.0. The van der Waals surface area contributed by atoms with Gasteiger partial charge in [0.05, 0.1) is 0 Å². The van der Waals surface area contributed by atoms with Crippen molar-refractivity contribution in [2.45, 2.75) is 39.3 Å². The Morgan fingerprint density at radius 3 is 2.78 bits per heavy atom. The zero-order chi connectivity index (χ0) is 13.5. The molecule has 0 aliphatic carbocycles. The summed E-state index contributed by atoms with van der Waals surface area (Å²) in [6.07, 6.45) is 1.23. The van der Waals surface area contributed by atoms with E-state index in [1.165, 1.54) is 0 Å². The predicted octanol–water partition coefficient (Wildman–Crippen LogP) is 2.82. The molecule has 0 heterocycles. The van der Waals surface area contributed by atoms with Crippen molar-refractivity contribution in [1.29, 1.82) is 0 Å². The molecule has 0 saturated heterocycles. The molecular formula is C14H21ClN2O. The molecule has 1 unspecified atom stereocenters. The lowest BCUT2D eigenvalue weighted by atomic mass is 10.1. The Morgan fingerprint density at radius 2 is 2.22 bits per heavy atom. The lowest BCUT2D eigenvalue weighted by Crippen LogP contribution is -2.31. The molecule has 0 bridgehead atoms. The summed E-state index contributed by atoms with van der Waals surface area (Å²) in [5.74, 6) is 0.148. The first kappa shape index (κ1) is 15.0. The Bertz CT molecular complexity index is 393. The normalized spacial score (nSPS) is 12.2. The second kappa shape index (κ2) is 7.39. The minimum atomic E-state index is 0.0684. The standard InChI is InChI=1S/C14H21ClN2O/c1-3-17(14(18)8-7-11(2)16)10-12-5-4-6-13(15)9-12/h4-6,9,11H,3,7-8,10,16H2,1-2H3. The van der Waals surface area contributed by atoms with Crippen LogP contribution in [0.15, 0.2) is 24.3 Å². The number of benzene rings is 1. The molecule has 1 rings (SSSR count). The summed E-state index contributed by atoms with van der Waals surface area (Å²) < 4.78 is 0. The minimum Gasteiger partial charge on any atom is -0.339 e. The molecule has 0 spiro atoms. The van der Waals surface area contributed by atoms with E-state index in [0.29, 0.717) is 24.5 Å². The first-order chi connectivity index (χ1) is 8.52. The Kier molecular flexibility index (Phi) is 6.16. The van der Waals surface area contributed by atoms with E-state index < -0.39 is 0 Å². The fraction of sp³-hybridized carbons (Fsp3) is 0.500. The fourth-order valence-electron chi connectivity index (χ4n) is 1.74. The second-order valence-electron chi connectivity index (χ2n) is 4.55. The van der Waals surface area contributed by atoms with Crippen LogP contribution in [0.25, 0.3) is 0 Å². The maximum atomic E-state index is 12.0. The molecule has 0 radical (unpaired) electrons. The van der Waals surface area contributed by atoms with E-state index in [2.05, 4.69) is 0 Å². The van der Waals surface area contributed by atoms with E-state index in [1.807, 2.05) is 43.0 Å². The molecule has 0 aliphatic rings. The summed E-state index contributed by atoms with van der Waals surface area (Å²) in [7, 11) is 0. The topological polar surface area (TPSA) is 46.3 Å². The highest BCUT2D eigenvalue weighted by molar-refractivity contribution is 6.30. The highest BCUT2D eigenvalue weighted by atomic mass is 35.5. The number of halogens is 1. The molecule has 1 amide bonds. The summed E-state index contributed by atoms with van der Waals surface area (Å²) in [6, 6.07) is 7.67. The zero-order valence-electron chi connectivity index (χ0n) is 11.0. The Morgan fingerprint density at radius 1 is 1.50 bits per heavy atom. The van der Waals surface area contributed by atoms with Gasteiger partial charge < -0.3 is 10.6 Å². The van der Waals surface area contributed by atoms with Gasteiger partial charge in [0.15, 0.2) is 0 Å². The van der Waals surface area contributed by atoms with Gasteiger partial charge in [-0.15, -0.1) is 0 Å². The van der Waals surface area contributed by atoms with Crippen LogP contribution in [0.5, 0.6) is 0 Å². The molecule has 2 N–H and O–H groups in total. The maximum Gasteiger partial charge on any atom is 0.222 e. The molecule has 1 aromatic rings. The molecule has 4 heteroatoms. The van der Waals surface area contributed by atoms with Gasteiger partial charge in [-0.25, -0.2) is 0 Å². The molecule has 1 aromatic carbocycles. The predicted molar refractivity (Wildman–Crippen MR) is 75.4 cm³/mol. The van der Waals surface area contributed by atoms with Crippen molar-refractivity contribution in [1.82, 2.24) is 4.90 Å². The van der Waals surface area contributed by atoms with Crippen LogP contribution in [-0.2, 0) is 11.3 Å². The van der Waals surface area contributed by atoms with E-state index in [0.717, 1.165) is 12.0 Å². The Balaban J connectivity index is 2.58. The van der Waals surface area contributed by atoms with Crippen LogP contribution in [0.2, 0.25) is 5.02 Å². The third kappa shape index (κ3) is 5.07. The average Bonchev–Trinajstić information content (AvgIpc) is 2.33. The molecule has 0 aliphatic heterocycles. The van der Waals surface area contributed by atoms with Gasteiger partial charge in [0, 0.05) is 30.6 Å². The van der Waals surface area contributed by atoms with Crippen LogP contribution < -0.4 is 5.73 Å². The first-order valence-electron chi connectivity index (χ1n) is 6.30. The molecule has 0 aromatic heterocycles. The molecule has 0 saturated carbocycles. The van der Waals surface area contributed by atoms with Crippen molar-refractivity contribution in [2.24, 2.45) is 5.73 Å². The van der Waals surface area contributed by atoms with Crippen molar-refractivity contribution in [2.75, 3.05) is 6.54 Å². The molecule has 1 atom stereocenters. The van der Waals surface area contributed by atoms with Gasteiger partial charge in [0.1, 0.15) is 0 Å². The third-order valence-corrected chi connectivity index (χ3v) is 3.05. The summed E-state index contributed by atoms with van der Waals surface area (Å²) in [5.41, 5.74) is 6.72. The summed E-state index contributed by atoms with van der Waals surface area (Å²) >= 11 is 5.93. The fourth-order valence-corrected chi connectivity index (χ4v) is 1.95. The van der Waals surface area contributed by atoms with E-state index in [9.17, 15) is 4.79 Å². The summed E-state index contributed by atoms with van der Waals surface area (Å²) in [4.78, 5) is 13.8. The van der Waals surface area contributed by atoms with Crippen LogP contribution in [0.1, 0.15) is 32.3 Å². The number of hydrogen-bond donors (Lipinski definition) is 1. The monoisotopic (exact) mass is 268 g/mol. The Hall–Kier alpha value is -1.06. The largest absolute Gasteiger partial charge is 0.339 e. The van der Waals surface area contributed by atoms with Gasteiger partial charge in [-0.05, 0) is 38.0 Å². The highest BCUT2D eigenvalue weighted by Crippen LogP contribution is 2.13. The molecule has 100 valence electrons. The number of amides is 1. The van der Waals surface area contributed by atoms with E-state index >= 15 is 0 Å². The average molecular weight is 269 g/mol.